The molecule has 0 saturated carbocycles. The van der Waals surface area contributed by atoms with Crippen molar-refractivity contribution in [3.05, 3.63) is 63.9 Å². The quantitative estimate of drug-likeness (QED) is 0.338. The van der Waals surface area contributed by atoms with Gasteiger partial charge in [-0.05, 0) is 19.1 Å². The lowest BCUT2D eigenvalue weighted by Crippen LogP contribution is -2.32. The Morgan fingerprint density at radius 1 is 1.05 bits per heavy atom. The standard InChI is InChI=1S/C24H21ClN6O5S/c1-14-11-26-13-20(28-14)15-3-4-17(19(25)10-15)18-9-16-12-27-23(37(2,34)35)29-21(16)31(22(18)32)6-5-30-7-8-36-24(30)33/h3-4,9-13H,5-8H2,1-2H3. The minimum Gasteiger partial charge on any atom is -0.448 e. The molecular weight excluding hydrogens is 520 g/mol. The van der Waals surface area contributed by atoms with Crippen molar-refractivity contribution >= 4 is 38.6 Å². The smallest absolute Gasteiger partial charge is 0.410 e. The Balaban J connectivity index is 1.64. The molecule has 5 rings (SSSR count). The molecule has 1 fully saturated rings. The fourth-order valence-corrected chi connectivity index (χ4v) is 4.85. The van der Waals surface area contributed by atoms with Gasteiger partial charge in [0.2, 0.25) is 15.0 Å². The maximum absolute atomic E-state index is 13.7. The van der Waals surface area contributed by atoms with Gasteiger partial charge in [-0.1, -0.05) is 23.7 Å². The molecule has 37 heavy (non-hydrogen) atoms. The highest BCUT2D eigenvalue weighted by molar-refractivity contribution is 7.90. The number of amides is 1. The molecule has 4 aromatic rings. The average molecular weight is 541 g/mol. The van der Waals surface area contributed by atoms with Crippen LogP contribution in [0.5, 0.6) is 0 Å². The van der Waals surface area contributed by atoms with Crippen molar-refractivity contribution in [3.63, 3.8) is 0 Å². The van der Waals surface area contributed by atoms with Gasteiger partial charge in [0.1, 0.15) is 12.3 Å². The van der Waals surface area contributed by atoms with Crippen molar-refractivity contribution in [3.8, 4) is 22.4 Å². The molecule has 3 aromatic heterocycles. The van der Waals surface area contributed by atoms with E-state index in [1.165, 1.54) is 15.7 Å². The number of nitrogens with zero attached hydrogens (tertiary/aromatic N) is 6. The molecule has 190 valence electrons. The van der Waals surface area contributed by atoms with E-state index in [9.17, 15) is 18.0 Å². The van der Waals surface area contributed by atoms with Gasteiger partial charge in [-0.3, -0.25) is 14.3 Å². The predicted octanol–water partition coefficient (Wildman–Crippen LogP) is 2.73. The monoisotopic (exact) mass is 540 g/mol. The van der Waals surface area contributed by atoms with Crippen LogP contribution in [-0.2, 0) is 21.1 Å². The van der Waals surface area contributed by atoms with Gasteiger partial charge in [-0.2, -0.15) is 4.98 Å². The normalized spacial score (nSPS) is 13.8. The van der Waals surface area contributed by atoms with Gasteiger partial charge in [0.05, 0.1) is 24.1 Å². The van der Waals surface area contributed by atoms with Crippen molar-refractivity contribution in [2.24, 2.45) is 0 Å². The zero-order valence-corrected chi connectivity index (χ0v) is 21.5. The second kappa shape index (κ2) is 9.52. The van der Waals surface area contributed by atoms with E-state index >= 15 is 0 Å². The van der Waals surface area contributed by atoms with E-state index in [0.29, 0.717) is 28.2 Å². The zero-order chi connectivity index (χ0) is 26.3. The van der Waals surface area contributed by atoms with Gasteiger partial charge in [-0.25, -0.2) is 23.2 Å². The highest BCUT2D eigenvalue weighted by atomic mass is 35.5. The Morgan fingerprint density at radius 3 is 2.54 bits per heavy atom. The Morgan fingerprint density at radius 2 is 1.86 bits per heavy atom. The molecule has 0 N–H and O–H groups in total. The number of hydrogen-bond acceptors (Lipinski definition) is 9. The van der Waals surface area contributed by atoms with Crippen LogP contribution in [0.15, 0.2) is 52.8 Å². The first-order valence-electron chi connectivity index (χ1n) is 11.2. The van der Waals surface area contributed by atoms with Crippen LogP contribution in [-0.4, -0.2) is 69.9 Å². The third-order valence-electron chi connectivity index (χ3n) is 5.89. The molecule has 0 atom stereocenters. The lowest BCUT2D eigenvalue weighted by Gasteiger charge is -2.17. The van der Waals surface area contributed by atoms with Crippen LogP contribution in [0, 0.1) is 6.92 Å². The van der Waals surface area contributed by atoms with Gasteiger partial charge in [0.25, 0.3) is 5.56 Å². The summed E-state index contributed by atoms with van der Waals surface area (Å²) in [6, 6.07) is 6.80. The molecule has 0 aliphatic carbocycles. The molecule has 1 saturated heterocycles. The Bertz CT molecular complexity index is 1720. The van der Waals surface area contributed by atoms with Crippen LogP contribution in [0.1, 0.15) is 5.69 Å². The number of halogens is 1. The number of hydrogen-bond donors (Lipinski definition) is 0. The maximum Gasteiger partial charge on any atom is 0.410 e. The topological polar surface area (TPSA) is 137 Å². The van der Waals surface area contributed by atoms with Gasteiger partial charge in [-0.15, -0.1) is 0 Å². The number of aromatic nitrogens is 5. The molecule has 0 spiro atoms. The molecule has 0 bridgehead atoms. The van der Waals surface area contributed by atoms with Crippen LogP contribution in [0.4, 0.5) is 4.79 Å². The zero-order valence-electron chi connectivity index (χ0n) is 19.9. The van der Waals surface area contributed by atoms with Crippen LogP contribution in [0.2, 0.25) is 5.02 Å². The second-order valence-corrected chi connectivity index (χ2v) is 10.9. The first-order valence-corrected chi connectivity index (χ1v) is 13.5. The van der Waals surface area contributed by atoms with Gasteiger partial charge in [0.15, 0.2) is 0 Å². The molecule has 0 unspecified atom stereocenters. The minimum absolute atomic E-state index is 0.0626. The van der Waals surface area contributed by atoms with Crippen molar-refractivity contribution < 1.29 is 17.9 Å². The summed E-state index contributed by atoms with van der Waals surface area (Å²) in [6.07, 6.45) is 5.15. The van der Waals surface area contributed by atoms with Crippen molar-refractivity contribution in [2.45, 2.75) is 18.6 Å². The van der Waals surface area contributed by atoms with E-state index in [2.05, 4.69) is 19.9 Å². The highest BCUT2D eigenvalue weighted by Crippen LogP contribution is 2.31. The van der Waals surface area contributed by atoms with Crippen LogP contribution < -0.4 is 5.56 Å². The van der Waals surface area contributed by atoms with E-state index < -0.39 is 26.6 Å². The summed E-state index contributed by atoms with van der Waals surface area (Å²) >= 11 is 6.64. The number of benzene rings is 1. The summed E-state index contributed by atoms with van der Waals surface area (Å²) in [6.45, 7) is 2.73. The third kappa shape index (κ3) is 4.89. The fourth-order valence-electron chi connectivity index (χ4n) is 4.07. The Kier molecular flexibility index (Phi) is 6.38. The van der Waals surface area contributed by atoms with Crippen molar-refractivity contribution in [2.75, 3.05) is 26.0 Å². The van der Waals surface area contributed by atoms with E-state index in [1.807, 2.05) is 6.92 Å². The van der Waals surface area contributed by atoms with E-state index in [0.717, 1.165) is 17.5 Å². The number of aryl methyl sites for hydroxylation is 1. The first kappa shape index (κ1) is 24.8. The predicted molar refractivity (Wildman–Crippen MR) is 136 cm³/mol. The summed E-state index contributed by atoms with van der Waals surface area (Å²) in [4.78, 5) is 43.9. The van der Waals surface area contributed by atoms with Gasteiger partial charge < -0.3 is 9.64 Å². The lowest BCUT2D eigenvalue weighted by molar-refractivity contribution is 0.157. The highest BCUT2D eigenvalue weighted by Gasteiger charge is 2.23. The fraction of sp³-hybridized carbons (Fsp3) is 0.250. The summed E-state index contributed by atoms with van der Waals surface area (Å²) in [5.41, 5.74) is 2.58. The molecular formula is C24H21ClN6O5S. The molecule has 1 aliphatic heterocycles. The molecule has 1 aromatic carbocycles. The van der Waals surface area contributed by atoms with E-state index in [-0.39, 0.29) is 30.9 Å². The molecule has 4 heterocycles. The molecule has 1 aliphatic rings. The maximum atomic E-state index is 13.7. The Labute approximate surface area is 216 Å². The SMILES string of the molecule is Cc1cncc(-c2ccc(-c3cc4cnc(S(C)(=O)=O)nc4n(CCN4CCOC4=O)c3=O)c(Cl)c2)n1. The first-order chi connectivity index (χ1) is 17.6. The number of carbonyl (C=O) groups excluding carboxylic acids is 1. The molecule has 1 amide bonds. The Hall–Kier alpha value is -3.90. The van der Waals surface area contributed by atoms with Crippen LogP contribution in [0.3, 0.4) is 0 Å². The van der Waals surface area contributed by atoms with Crippen LogP contribution >= 0.6 is 11.6 Å². The van der Waals surface area contributed by atoms with Gasteiger partial charge in [0, 0.05) is 58.8 Å². The number of cyclic esters (lactones) is 1. The van der Waals surface area contributed by atoms with Crippen LogP contribution in [0.25, 0.3) is 33.4 Å². The van der Waals surface area contributed by atoms with E-state index in [4.69, 9.17) is 16.3 Å². The molecule has 11 nitrogen and oxygen atoms in total. The molecule has 0 radical (unpaired) electrons. The van der Waals surface area contributed by atoms with Crippen molar-refractivity contribution in [1.82, 2.24) is 29.4 Å². The molecule has 13 heteroatoms. The lowest BCUT2D eigenvalue weighted by atomic mass is 10.0. The number of rotatable bonds is 6. The number of pyridine rings is 1. The summed E-state index contributed by atoms with van der Waals surface area (Å²) < 4.78 is 30.5. The summed E-state index contributed by atoms with van der Waals surface area (Å²) in [5.74, 6) is 0. The summed E-state index contributed by atoms with van der Waals surface area (Å²) in [7, 11) is -3.72. The second-order valence-electron chi connectivity index (χ2n) is 8.56. The number of carbonyl (C=O) groups is 1. The largest absolute Gasteiger partial charge is 0.448 e. The van der Waals surface area contributed by atoms with Crippen molar-refractivity contribution in [1.29, 1.82) is 0 Å². The third-order valence-corrected chi connectivity index (χ3v) is 7.06. The minimum atomic E-state index is -3.72. The number of ether oxygens (including phenoxy) is 1. The summed E-state index contributed by atoms with van der Waals surface area (Å²) in [5, 5.41) is 0.361. The number of sulfone groups is 1. The van der Waals surface area contributed by atoms with E-state index in [1.54, 1.807) is 36.7 Å². The average Bonchev–Trinajstić information content (AvgIpc) is 3.27. The van der Waals surface area contributed by atoms with Gasteiger partial charge >= 0.3 is 6.09 Å². The number of fused-ring (bicyclic) bond motifs is 1.